The highest BCUT2D eigenvalue weighted by molar-refractivity contribution is 5.89. The largest absolute Gasteiger partial charge is 0.479 e. The third-order valence-electron chi connectivity index (χ3n) is 5.92. The lowest BCUT2D eigenvalue weighted by atomic mass is 9.97. The van der Waals surface area contributed by atoms with Crippen molar-refractivity contribution < 1.29 is 29.3 Å². The minimum atomic E-state index is -1.56. The van der Waals surface area contributed by atoms with Crippen molar-refractivity contribution in [3.8, 4) is 11.1 Å². The molecule has 2 aromatic rings. The molecule has 0 fully saturated rings. The number of carbonyl (C=O) groups excluding carboxylic acids is 2. The van der Waals surface area contributed by atoms with Gasteiger partial charge >= 0.3 is 12.1 Å². The predicted octanol–water partition coefficient (Wildman–Crippen LogP) is 2.65. The SMILES string of the molecule is CCC(C)(NC(=O)OCC1c2ccccc2-c2ccccc21)C(=O)NCCC(O)C(=O)O. The van der Waals surface area contributed by atoms with E-state index < -0.39 is 29.6 Å². The summed E-state index contributed by atoms with van der Waals surface area (Å²) < 4.78 is 5.51. The molecule has 2 atom stereocenters. The number of fused-ring (bicyclic) bond motifs is 3. The quantitative estimate of drug-likeness (QED) is 0.475. The molecule has 0 saturated carbocycles. The first-order chi connectivity index (χ1) is 15.3. The van der Waals surface area contributed by atoms with Crippen LogP contribution < -0.4 is 10.6 Å². The Morgan fingerprint density at radius 1 is 1.06 bits per heavy atom. The minimum Gasteiger partial charge on any atom is -0.479 e. The molecule has 170 valence electrons. The molecule has 0 aromatic heterocycles. The van der Waals surface area contributed by atoms with Gasteiger partial charge in [-0.25, -0.2) is 9.59 Å². The van der Waals surface area contributed by atoms with Gasteiger partial charge in [0.25, 0.3) is 0 Å². The van der Waals surface area contributed by atoms with Crippen LogP contribution in [0.25, 0.3) is 11.1 Å². The molecule has 2 unspecified atom stereocenters. The second-order valence-electron chi connectivity index (χ2n) is 8.03. The highest BCUT2D eigenvalue weighted by Crippen LogP contribution is 2.44. The van der Waals surface area contributed by atoms with Crippen molar-refractivity contribution in [1.82, 2.24) is 10.6 Å². The van der Waals surface area contributed by atoms with Crippen LogP contribution in [-0.4, -0.2) is 53.0 Å². The summed E-state index contributed by atoms with van der Waals surface area (Å²) in [6.45, 7) is 3.41. The van der Waals surface area contributed by atoms with Crippen LogP contribution in [0.3, 0.4) is 0 Å². The molecule has 0 spiro atoms. The van der Waals surface area contributed by atoms with Gasteiger partial charge in [-0.2, -0.15) is 0 Å². The Hall–Kier alpha value is -3.39. The monoisotopic (exact) mass is 440 g/mol. The number of carboxylic acids is 1. The Balaban J connectivity index is 1.60. The van der Waals surface area contributed by atoms with Crippen LogP contribution in [0.15, 0.2) is 48.5 Å². The molecule has 4 N–H and O–H groups in total. The molecule has 0 bridgehead atoms. The Bertz CT molecular complexity index is 962. The normalized spacial score (nSPS) is 15.1. The van der Waals surface area contributed by atoms with Crippen LogP contribution in [0, 0.1) is 0 Å². The number of ether oxygens (including phenoxy) is 1. The number of aliphatic carboxylic acids is 1. The minimum absolute atomic E-state index is 0.0335. The molecular weight excluding hydrogens is 412 g/mol. The van der Waals surface area contributed by atoms with Crippen LogP contribution in [-0.2, 0) is 14.3 Å². The van der Waals surface area contributed by atoms with Gasteiger partial charge in [0.05, 0.1) is 0 Å². The maximum absolute atomic E-state index is 12.6. The highest BCUT2D eigenvalue weighted by atomic mass is 16.5. The summed E-state index contributed by atoms with van der Waals surface area (Å²) >= 11 is 0. The molecule has 8 nitrogen and oxygen atoms in total. The van der Waals surface area contributed by atoms with E-state index in [4.69, 9.17) is 9.84 Å². The molecule has 32 heavy (non-hydrogen) atoms. The van der Waals surface area contributed by atoms with Crippen molar-refractivity contribution >= 4 is 18.0 Å². The molecule has 0 aliphatic heterocycles. The molecule has 1 aliphatic carbocycles. The van der Waals surface area contributed by atoms with E-state index in [9.17, 15) is 19.5 Å². The van der Waals surface area contributed by atoms with Gasteiger partial charge in [0.1, 0.15) is 12.1 Å². The highest BCUT2D eigenvalue weighted by Gasteiger charge is 2.35. The van der Waals surface area contributed by atoms with E-state index >= 15 is 0 Å². The smallest absolute Gasteiger partial charge is 0.408 e. The van der Waals surface area contributed by atoms with Gasteiger partial charge in [-0.1, -0.05) is 55.5 Å². The molecule has 0 radical (unpaired) electrons. The fraction of sp³-hybridized carbons (Fsp3) is 0.375. The number of aliphatic hydroxyl groups is 1. The zero-order chi connectivity index (χ0) is 23.3. The Kier molecular flexibility index (Phi) is 7.15. The molecule has 8 heteroatoms. The van der Waals surface area contributed by atoms with Gasteiger partial charge in [-0.3, -0.25) is 4.79 Å². The van der Waals surface area contributed by atoms with Crippen molar-refractivity contribution in [2.45, 2.75) is 44.2 Å². The summed E-state index contributed by atoms with van der Waals surface area (Å²) in [5.74, 6) is -1.92. The van der Waals surface area contributed by atoms with E-state index in [1.165, 1.54) is 0 Å². The van der Waals surface area contributed by atoms with E-state index in [1.807, 2.05) is 48.5 Å². The zero-order valence-electron chi connectivity index (χ0n) is 18.1. The van der Waals surface area contributed by atoms with Crippen molar-refractivity contribution in [2.75, 3.05) is 13.2 Å². The Morgan fingerprint density at radius 2 is 1.62 bits per heavy atom. The first-order valence-corrected chi connectivity index (χ1v) is 10.6. The number of alkyl carbamates (subject to hydrolysis) is 1. The number of carboxylic acid groups (broad SMARTS) is 1. The summed E-state index contributed by atoms with van der Waals surface area (Å²) in [5, 5.41) is 23.2. The summed E-state index contributed by atoms with van der Waals surface area (Å²) in [6, 6.07) is 16.0. The number of nitrogens with one attached hydrogen (secondary N) is 2. The standard InChI is InChI=1S/C24H28N2O6/c1-3-24(2,22(30)25-13-12-20(27)21(28)29)26-23(31)32-14-19-17-10-6-4-8-15(17)16-9-5-7-11-18(16)19/h4-11,19-20,27H,3,12-14H2,1-2H3,(H,25,30)(H,26,31)(H,28,29). The lowest BCUT2D eigenvalue weighted by Gasteiger charge is -2.28. The van der Waals surface area contributed by atoms with Crippen LogP contribution in [0.5, 0.6) is 0 Å². The number of hydrogen-bond acceptors (Lipinski definition) is 5. The molecule has 0 saturated heterocycles. The van der Waals surface area contributed by atoms with E-state index in [0.717, 1.165) is 22.3 Å². The van der Waals surface area contributed by atoms with Gasteiger partial charge in [0, 0.05) is 18.9 Å². The number of rotatable bonds is 9. The molecular formula is C24H28N2O6. The number of carbonyl (C=O) groups is 3. The van der Waals surface area contributed by atoms with Gasteiger partial charge in [-0.05, 0) is 35.6 Å². The fourth-order valence-corrected chi connectivity index (χ4v) is 3.81. The number of aliphatic hydroxyl groups excluding tert-OH is 1. The fourth-order valence-electron chi connectivity index (χ4n) is 3.81. The van der Waals surface area contributed by atoms with Gasteiger partial charge in [0.2, 0.25) is 5.91 Å². The molecule has 2 aromatic carbocycles. The second kappa shape index (κ2) is 9.82. The maximum Gasteiger partial charge on any atom is 0.408 e. The van der Waals surface area contributed by atoms with Gasteiger partial charge in [0.15, 0.2) is 6.10 Å². The Labute approximate surface area is 186 Å². The Morgan fingerprint density at radius 3 is 2.16 bits per heavy atom. The first kappa shape index (κ1) is 23.3. The van der Waals surface area contributed by atoms with Crippen molar-refractivity contribution in [2.24, 2.45) is 0 Å². The van der Waals surface area contributed by atoms with Crippen LogP contribution in [0.1, 0.15) is 43.7 Å². The molecule has 2 amide bonds. The summed E-state index contributed by atoms with van der Waals surface area (Å²) in [6.07, 6.45) is -2.11. The first-order valence-electron chi connectivity index (χ1n) is 10.6. The van der Waals surface area contributed by atoms with E-state index in [2.05, 4.69) is 10.6 Å². The zero-order valence-corrected chi connectivity index (χ0v) is 18.1. The molecule has 1 aliphatic rings. The topological polar surface area (TPSA) is 125 Å². The van der Waals surface area contributed by atoms with E-state index in [1.54, 1.807) is 13.8 Å². The van der Waals surface area contributed by atoms with Crippen molar-refractivity contribution in [3.63, 3.8) is 0 Å². The third kappa shape index (κ3) is 4.91. The van der Waals surface area contributed by atoms with Gasteiger partial charge < -0.3 is 25.6 Å². The number of benzene rings is 2. The van der Waals surface area contributed by atoms with E-state index in [-0.39, 0.29) is 25.5 Å². The van der Waals surface area contributed by atoms with Crippen LogP contribution >= 0.6 is 0 Å². The summed E-state index contributed by atoms with van der Waals surface area (Å²) in [5.41, 5.74) is 3.19. The number of amides is 2. The number of hydrogen-bond donors (Lipinski definition) is 4. The lowest BCUT2D eigenvalue weighted by molar-refractivity contribution is -0.147. The molecule has 3 rings (SSSR count). The summed E-state index contributed by atoms with van der Waals surface area (Å²) in [4.78, 5) is 35.8. The maximum atomic E-state index is 12.6. The second-order valence-corrected chi connectivity index (χ2v) is 8.03. The molecule has 0 heterocycles. The summed E-state index contributed by atoms with van der Waals surface area (Å²) in [7, 11) is 0. The van der Waals surface area contributed by atoms with Crippen LogP contribution in [0.4, 0.5) is 4.79 Å². The van der Waals surface area contributed by atoms with Crippen molar-refractivity contribution in [3.05, 3.63) is 59.7 Å². The average Bonchev–Trinajstić information content (AvgIpc) is 3.11. The average molecular weight is 440 g/mol. The van der Waals surface area contributed by atoms with E-state index in [0.29, 0.717) is 6.42 Å². The predicted molar refractivity (Wildman–Crippen MR) is 118 cm³/mol. The lowest BCUT2D eigenvalue weighted by Crippen LogP contribution is -2.57. The third-order valence-corrected chi connectivity index (χ3v) is 5.92. The van der Waals surface area contributed by atoms with Crippen molar-refractivity contribution in [1.29, 1.82) is 0 Å². The van der Waals surface area contributed by atoms with Gasteiger partial charge in [-0.15, -0.1) is 0 Å². The van der Waals surface area contributed by atoms with Crippen LogP contribution in [0.2, 0.25) is 0 Å².